The summed E-state index contributed by atoms with van der Waals surface area (Å²) in [6.45, 7) is 3.57. The number of pyridine rings is 1. The fourth-order valence-corrected chi connectivity index (χ4v) is 4.38. The lowest BCUT2D eigenvalue weighted by molar-refractivity contribution is 0.376. The van der Waals surface area contributed by atoms with Crippen molar-refractivity contribution in [2.75, 3.05) is 35.8 Å². The summed E-state index contributed by atoms with van der Waals surface area (Å²) >= 11 is 5.98. The minimum atomic E-state index is -3.67. The van der Waals surface area contributed by atoms with E-state index in [0.29, 0.717) is 48.6 Å². The van der Waals surface area contributed by atoms with Gasteiger partial charge in [-0.1, -0.05) is 24.6 Å². The Morgan fingerprint density at radius 2 is 1.93 bits per heavy atom. The van der Waals surface area contributed by atoms with Crippen molar-refractivity contribution in [2.45, 2.75) is 13.3 Å². The number of hydrogen-bond acceptors (Lipinski definition) is 6. The van der Waals surface area contributed by atoms with E-state index in [0.717, 1.165) is 17.6 Å². The molecule has 8 nitrogen and oxygen atoms in total. The van der Waals surface area contributed by atoms with Crippen LogP contribution in [0.5, 0.6) is 0 Å². The number of nitrogens with zero attached hydrogens (tertiary/aromatic N) is 4. The van der Waals surface area contributed by atoms with Crippen LogP contribution in [0.2, 0.25) is 5.02 Å². The van der Waals surface area contributed by atoms with Crippen LogP contribution in [0.1, 0.15) is 12.6 Å². The Kier molecular flexibility index (Phi) is 5.13. The molecule has 0 spiro atoms. The molecule has 1 aliphatic rings. The summed E-state index contributed by atoms with van der Waals surface area (Å²) in [4.78, 5) is 10.7. The second kappa shape index (κ2) is 7.57. The molecule has 1 aliphatic heterocycles. The van der Waals surface area contributed by atoms with E-state index in [-0.39, 0.29) is 0 Å². The molecule has 0 amide bonds. The summed E-state index contributed by atoms with van der Waals surface area (Å²) in [5.74, 6) is 0.331. The van der Waals surface area contributed by atoms with Gasteiger partial charge >= 0.3 is 10.2 Å². The van der Waals surface area contributed by atoms with E-state index < -0.39 is 10.2 Å². The monoisotopic (exact) mass is 421 g/mol. The highest BCUT2D eigenvalue weighted by atomic mass is 35.5. The zero-order chi connectivity index (χ0) is 19.7. The van der Waals surface area contributed by atoms with Crippen molar-refractivity contribution in [3.05, 3.63) is 47.1 Å². The van der Waals surface area contributed by atoms with Crippen molar-refractivity contribution >= 4 is 44.7 Å². The Morgan fingerprint density at radius 1 is 1.14 bits per heavy atom. The van der Waals surface area contributed by atoms with Gasteiger partial charge in [0.15, 0.2) is 5.58 Å². The molecule has 1 saturated heterocycles. The van der Waals surface area contributed by atoms with Crippen LogP contribution in [-0.4, -0.2) is 48.9 Å². The largest absolute Gasteiger partial charge is 0.423 e. The molecule has 2 aromatic heterocycles. The number of piperazine rings is 1. The first-order chi connectivity index (χ1) is 13.4. The molecule has 0 bridgehead atoms. The minimum Gasteiger partial charge on any atom is -0.423 e. The lowest BCUT2D eigenvalue weighted by atomic mass is 10.3. The Balaban J connectivity index is 1.43. The molecule has 1 aromatic carbocycles. The topological polar surface area (TPSA) is 91.6 Å². The maximum absolute atomic E-state index is 12.7. The van der Waals surface area contributed by atoms with Gasteiger partial charge in [-0.05, 0) is 30.7 Å². The van der Waals surface area contributed by atoms with Gasteiger partial charge in [0, 0.05) is 43.0 Å². The SMILES string of the molecule is CCc1cccc(NS(=O)(=O)N2CCN(c3nc4ccc(Cl)cc4o3)CC2)n1. The van der Waals surface area contributed by atoms with Crippen molar-refractivity contribution < 1.29 is 12.8 Å². The summed E-state index contributed by atoms with van der Waals surface area (Å²) < 4.78 is 35.1. The van der Waals surface area contributed by atoms with Gasteiger partial charge < -0.3 is 9.32 Å². The number of aryl methyl sites for hydroxylation is 1. The molecule has 0 atom stereocenters. The standard InChI is InChI=1S/C18H20ClN5O3S/c1-2-14-4-3-5-17(20-14)22-28(25,26)24-10-8-23(9-11-24)18-21-15-7-6-13(19)12-16(15)27-18/h3-7,12H,2,8-11H2,1H3,(H,20,22). The van der Waals surface area contributed by atoms with Gasteiger partial charge in [0.25, 0.3) is 6.01 Å². The molecule has 1 N–H and O–H groups in total. The van der Waals surface area contributed by atoms with E-state index in [1.165, 1.54) is 4.31 Å². The van der Waals surface area contributed by atoms with Crippen molar-refractivity contribution in [3.8, 4) is 0 Å². The lowest BCUT2D eigenvalue weighted by Gasteiger charge is -2.32. The molecule has 3 heterocycles. The highest BCUT2D eigenvalue weighted by molar-refractivity contribution is 7.90. The van der Waals surface area contributed by atoms with Crippen LogP contribution >= 0.6 is 11.6 Å². The zero-order valence-electron chi connectivity index (χ0n) is 15.3. The fraction of sp³-hybridized carbons (Fsp3) is 0.333. The fourth-order valence-electron chi connectivity index (χ4n) is 3.07. The predicted octanol–water partition coefficient (Wildman–Crippen LogP) is 2.92. The van der Waals surface area contributed by atoms with E-state index in [9.17, 15) is 8.42 Å². The first-order valence-corrected chi connectivity index (χ1v) is 10.8. The van der Waals surface area contributed by atoms with Crippen molar-refractivity contribution in [1.29, 1.82) is 0 Å². The van der Waals surface area contributed by atoms with Gasteiger partial charge in [-0.25, -0.2) is 4.98 Å². The maximum atomic E-state index is 12.7. The minimum absolute atomic E-state index is 0.322. The highest BCUT2D eigenvalue weighted by Crippen LogP contribution is 2.25. The number of anilines is 2. The quantitative estimate of drug-likeness (QED) is 0.681. The summed E-state index contributed by atoms with van der Waals surface area (Å²) in [6, 6.07) is 11.1. The molecule has 148 valence electrons. The van der Waals surface area contributed by atoms with Gasteiger partial charge in [0.2, 0.25) is 0 Å². The summed E-state index contributed by atoms with van der Waals surface area (Å²) in [5.41, 5.74) is 2.17. The van der Waals surface area contributed by atoms with Crippen molar-refractivity contribution in [3.63, 3.8) is 0 Å². The molecule has 0 aliphatic carbocycles. The number of fused-ring (bicyclic) bond motifs is 1. The summed E-state index contributed by atoms with van der Waals surface area (Å²) in [6.07, 6.45) is 0.740. The Labute approximate surface area is 168 Å². The third kappa shape index (κ3) is 3.91. The van der Waals surface area contributed by atoms with E-state index in [4.69, 9.17) is 16.0 Å². The van der Waals surface area contributed by atoms with Crippen LogP contribution in [0, 0.1) is 0 Å². The van der Waals surface area contributed by atoms with E-state index in [1.54, 1.807) is 30.3 Å². The van der Waals surface area contributed by atoms with Gasteiger partial charge in [-0.2, -0.15) is 17.7 Å². The Morgan fingerprint density at radius 3 is 2.68 bits per heavy atom. The average molecular weight is 422 g/mol. The number of benzene rings is 1. The smallest absolute Gasteiger partial charge is 0.302 e. The number of rotatable bonds is 5. The van der Waals surface area contributed by atoms with Crippen LogP contribution in [0.25, 0.3) is 11.1 Å². The molecule has 10 heteroatoms. The predicted molar refractivity (Wildman–Crippen MR) is 109 cm³/mol. The average Bonchev–Trinajstić information content (AvgIpc) is 3.11. The Bertz CT molecular complexity index is 1090. The lowest BCUT2D eigenvalue weighted by Crippen LogP contribution is -2.50. The van der Waals surface area contributed by atoms with Crippen LogP contribution in [0.4, 0.5) is 11.8 Å². The maximum Gasteiger partial charge on any atom is 0.302 e. The molecule has 28 heavy (non-hydrogen) atoms. The van der Waals surface area contributed by atoms with Crippen LogP contribution in [-0.2, 0) is 16.6 Å². The zero-order valence-corrected chi connectivity index (χ0v) is 16.9. The Hall–Kier alpha value is -2.36. The number of aromatic nitrogens is 2. The molecule has 3 aromatic rings. The summed E-state index contributed by atoms with van der Waals surface area (Å²) in [5, 5.41) is 0.581. The van der Waals surface area contributed by atoms with Gasteiger partial charge in [-0.15, -0.1) is 0 Å². The van der Waals surface area contributed by atoms with E-state index in [2.05, 4.69) is 14.7 Å². The second-order valence-corrected chi connectivity index (χ2v) is 8.58. The first-order valence-electron chi connectivity index (χ1n) is 8.99. The summed E-state index contributed by atoms with van der Waals surface area (Å²) in [7, 11) is -3.67. The van der Waals surface area contributed by atoms with Crippen LogP contribution < -0.4 is 9.62 Å². The van der Waals surface area contributed by atoms with Crippen LogP contribution in [0.15, 0.2) is 40.8 Å². The molecule has 0 radical (unpaired) electrons. The van der Waals surface area contributed by atoms with Crippen molar-refractivity contribution in [2.24, 2.45) is 0 Å². The van der Waals surface area contributed by atoms with E-state index >= 15 is 0 Å². The van der Waals surface area contributed by atoms with Gasteiger partial charge in [0.1, 0.15) is 11.3 Å². The molecule has 4 rings (SSSR count). The number of hydrogen-bond donors (Lipinski definition) is 1. The molecule has 0 saturated carbocycles. The van der Waals surface area contributed by atoms with Crippen molar-refractivity contribution in [1.82, 2.24) is 14.3 Å². The van der Waals surface area contributed by atoms with Gasteiger partial charge in [0.05, 0.1) is 0 Å². The first kappa shape index (κ1) is 19.0. The third-order valence-electron chi connectivity index (χ3n) is 4.59. The second-order valence-electron chi connectivity index (χ2n) is 6.47. The molecule has 1 fully saturated rings. The number of oxazole rings is 1. The van der Waals surface area contributed by atoms with E-state index in [1.807, 2.05) is 17.9 Å². The normalized spacial score (nSPS) is 15.9. The molecular weight excluding hydrogens is 402 g/mol. The number of nitrogens with one attached hydrogen (secondary N) is 1. The third-order valence-corrected chi connectivity index (χ3v) is 6.34. The molecule has 0 unspecified atom stereocenters. The van der Waals surface area contributed by atoms with Gasteiger partial charge in [-0.3, -0.25) is 4.72 Å². The number of halogens is 1. The highest BCUT2D eigenvalue weighted by Gasteiger charge is 2.29. The molecular formula is C18H20ClN5O3S. The van der Waals surface area contributed by atoms with Crippen LogP contribution in [0.3, 0.4) is 0 Å².